The summed E-state index contributed by atoms with van der Waals surface area (Å²) < 4.78 is 11.5. The maximum absolute atomic E-state index is 12.2. The van der Waals surface area contributed by atoms with E-state index >= 15 is 0 Å². The Bertz CT molecular complexity index is 1050. The van der Waals surface area contributed by atoms with Gasteiger partial charge in [0.05, 0.1) is 29.7 Å². The molecule has 0 saturated carbocycles. The highest BCUT2D eigenvalue weighted by Gasteiger charge is 2.17. The molecule has 150 valence electrons. The molecule has 0 fully saturated rings. The van der Waals surface area contributed by atoms with E-state index in [1.54, 1.807) is 40.4 Å². The third kappa shape index (κ3) is 4.69. The molecule has 3 aromatic rings. The standard InChI is InChI=1S/C20H19N3O5S/c1-12-10-13(2)23(22-12)15-6-4-14(5-7-15)19(25)28-11-17(24)21-16-8-9-29-18(16)20(26)27-3/h4-10H,11H2,1-3H3,(H,21,24). The fourth-order valence-electron chi connectivity index (χ4n) is 2.69. The Morgan fingerprint density at radius 3 is 2.45 bits per heavy atom. The van der Waals surface area contributed by atoms with Gasteiger partial charge in [0.2, 0.25) is 0 Å². The molecule has 8 nitrogen and oxygen atoms in total. The molecule has 0 aliphatic rings. The minimum absolute atomic E-state index is 0.270. The molecule has 0 unspecified atom stereocenters. The van der Waals surface area contributed by atoms with Gasteiger partial charge in [0.15, 0.2) is 6.61 Å². The zero-order chi connectivity index (χ0) is 21.0. The second kappa shape index (κ2) is 8.70. The van der Waals surface area contributed by atoms with E-state index in [2.05, 4.69) is 15.2 Å². The highest BCUT2D eigenvalue weighted by molar-refractivity contribution is 7.12. The lowest BCUT2D eigenvalue weighted by Crippen LogP contribution is -2.21. The average Bonchev–Trinajstić information content (AvgIpc) is 3.31. The molecule has 0 spiro atoms. The Kier molecular flexibility index (Phi) is 6.08. The van der Waals surface area contributed by atoms with E-state index in [4.69, 9.17) is 4.74 Å². The largest absolute Gasteiger partial charge is 0.465 e. The molecular formula is C20H19N3O5S. The van der Waals surface area contributed by atoms with Gasteiger partial charge in [-0.05, 0) is 55.6 Å². The number of methoxy groups -OCH3 is 1. The summed E-state index contributed by atoms with van der Waals surface area (Å²) in [5, 5.41) is 8.58. The third-order valence-corrected chi connectivity index (χ3v) is 4.90. The molecule has 3 rings (SSSR count). The number of benzene rings is 1. The van der Waals surface area contributed by atoms with Crippen LogP contribution in [0.2, 0.25) is 0 Å². The van der Waals surface area contributed by atoms with Crippen molar-refractivity contribution in [2.24, 2.45) is 0 Å². The second-order valence-corrected chi connectivity index (χ2v) is 7.08. The molecule has 2 heterocycles. The van der Waals surface area contributed by atoms with Gasteiger partial charge in [-0.3, -0.25) is 4.79 Å². The number of nitrogens with zero attached hydrogens (tertiary/aromatic N) is 2. The number of amides is 1. The Labute approximate surface area is 171 Å². The lowest BCUT2D eigenvalue weighted by molar-refractivity contribution is -0.119. The van der Waals surface area contributed by atoms with Crippen molar-refractivity contribution in [2.75, 3.05) is 19.0 Å². The second-order valence-electron chi connectivity index (χ2n) is 6.17. The number of aromatic nitrogens is 2. The number of thiophene rings is 1. The monoisotopic (exact) mass is 413 g/mol. The Morgan fingerprint density at radius 1 is 1.10 bits per heavy atom. The topological polar surface area (TPSA) is 99.5 Å². The zero-order valence-electron chi connectivity index (χ0n) is 16.1. The summed E-state index contributed by atoms with van der Waals surface area (Å²) in [6.45, 7) is 3.37. The first-order valence-corrected chi connectivity index (χ1v) is 9.53. The number of esters is 2. The molecule has 2 aromatic heterocycles. The van der Waals surface area contributed by atoms with E-state index < -0.39 is 24.5 Å². The molecule has 0 bridgehead atoms. The summed E-state index contributed by atoms with van der Waals surface area (Å²) in [5.74, 6) is -1.73. The van der Waals surface area contributed by atoms with E-state index in [-0.39, 0.29) is 4.88 Å². The highest BCUT2D eigenvalue weighted by Crippen LogP contribution is 2.23. The number of nitrogens with one attached hydrogen (secondary N) is 1. The van der Waals surface area contributed by atoms with Gasteiger partial charge in [-0.1, -0.05) is 0 Å². The van der Waals surface area contributed by atoms with Gasteiger partial charge >= 0.3 is 11.9 Å². The zero-order valence-corrected chi connectivity index (χ0v) is 16.9. The van der Waals surface area contributed by atoms with Gasteiger partial charge in [0.1, 0.15) is 4.88 Å². The molecule has 1 N–H and O–H groups in total. The smallest absolute Gasteiger partial charge is 0.350 e. The van der Waals surface area contributed by atoms with Gasteiger partial charge in [-0.15, -0.1) is 11.3 Å². The van der Waals surface area contributed by atoms with Crippen LogP contribution in [0.4, 0.5) is 5.69 Å². The van der Waals surface area contributed by atoms with Crippen LogP contribution in [0, 0.1) is 13.8 Å². The van der Waals surface area contributed by atoms with Crippen LogP contribution in [-0.2, 0) is 14.3 Å². The van der Waals surface area contributed by atoms with Crippen molar-refractivity contribution in [1.29, 1.82) is 0 Å². The molecule has 9 heteroatoms. The summed E-state index contributed by atoms with van der Waals surface area (Å²) in [4.78, 5) is 36.1. The number of hydrogen-bond donors (Lipinski definition) is 1. The first-order chi connectivity index (χ1) is 13.9. The quantitative estimate of drug-likeness (QED) is 0.623. The van der Waals surface area contributed by atoms with Crippen LogP contribution in [0.1, 0.15) is 31.4 Å². The normalized spacial score (nSPS) is 10.4. The average molecular weight is 413 g/mol. The van der Waals surface area contributed by atoms with E-state index in [9.17, 15) is 14.4 Å². The first-order valence-electron chi connectivity index (χ1n) is 8.65. The van der Waals surface area contributed by atoms with Crippen molar-refractivity contribution in [1.82, 2.24) is 9.78 Å². The van der Waals surface area contributed by atoms with Crippen LogP contribution in [0.3, 0.4) is 0 Å². The predicted octanol–water partition coefficient (Wildman–Crippen LogP) is 3.13. The summed E-state index contributed by atoms with van der Waals surface area (Å²) in [5.41, 5.74) is 3.33. The third-order valence-electron chi connectivity index (χ3n) is 4.00. The predicted molar refractivity (Wildman–Crippen MR) is 108 cm³/mol. The van der Waals surface area contributed by atoms with Gasteiger partial charge in [0.25, 0.3) is 5.91 Å². The molecule has 0 aliphatic heterocycles. The van der Waals surface area contributed by atoms with E-state index in [1.165, 1.54) is 7.11 Å². The SMILES string of the molecule is COC(=O)c1sccc1NC(=O)COC(=O)c1ccc(-n2nc(C)cc2C)cc1. The molecule has 0 aliphatic carbocycles. The van der Waals surface area contributed by atoms with Crippen molar-refractivity contribution < 1.29 is 23.9 Å². The van der Waals surface area contributed by atoms with Crippen LogP contribution in [0.15, 0.2) is 41.8 Å². The van der Waals surface area contributed by atoms with E-state index in [1.807, 2.05) is 19.9 Å². The number of carbonyl (C=O) groups is 3. The number of aryl methyl sites for hydroxylation is 2. The van der Waals surface area contributed by atoms with Crippen molar-refractivity contribution in [2.45, 2.75) is 13.8 Å². The Hall–Kier alpha value is -3.46. The Balaban J connectivity index is 1.58. The molecule has 0 atom stereocenters. The van der Waals surface area contributed by atoms with Crippen LogP contribution in [0.25, 0.3) is 5.69 Å². The van der Waals surface area contributed by atoms with Crippen LogP contribution < -0.4 is 5.32 Å². The van der Waals surface area contributed by atoms with Crippen molar-refractivity contribution >= 4 is 34.9 Å². The van der Waals surface area contributed by atoms with Gasteiger partial charge in [-0.2, -0.15) is 5.10 Å². The fraction of sp³-hybridized carbons (Fsp3) is 0.200. The van der Waals surface area contributed by atoms with E-state index in [0.717, 1.165) is 28.4 Å². The van der Waals surface area contributed by atoms with Crippen molar-refractivity contribution in [3.8, 4) is 5.69 Å². The van der Waals surface area contributed by atoms with Crippen molar-refractivity contribution in [3.05, 3.63) is 63.6 Å². The molecule has 0 saturated heterocycles. The minimum Gasteiger partial charge on any atom is -0.465 e. The maximum atomic E-state index is 12.2. The maximum Gasteiger partial charge on any atom is 0.350 e. The lowest BCUT2D eigenvalue weighted by atomic mass is 10.2. The number of rotatable bonds is 6. The number of ether oxygens (including phenoxy) is 2. The highest BCUT2D eigenvalue weighted by atomic mass is 32.1. The van der Waals surface area contributed by atoms with Crippen LogP contribution in [-0.4, -0.2) is 41.3 Å². The Morgan fingerprint density at radius 2 is 1.83 bits per heavy atom. The molecule has 1 amide bonds. The van der Waals surface area contributed by atoms with Crippen LogP contribution >= 0.6 is 11.3 Å². The van der Waals surface area contributed by atoms with Gasteiger partial charge < -0.3 is 14.8 Å². The van der Waals surface area contributed by atoms with Crippen LogP contribution in [0.5, 0.6) is 0 Å². The molecule has 0 radical (unpaired) electrons. The van der Waals surface area contributed by atoms with Gasteiger partial charge in [-0.25, -0.2) is 14.3 Å². The minimum atomic E-state index is -0.626. The summed E-state index contributed by atoms with van der Waals surface area (Å²) in [6, 6.07) is 10.3. The molecule has 1 aromatic carbocycles. The number of carbonyl (C=O) groups excluding carboxylic acids is 3. The van der Waals surface area contributed by atoms with Crippen molar-refractivity contribution in [3.63, 3.8) is 0 Å². The number of hydrogen-bond acceptors (Lipinski definition) is 7. The lowest BCUT2D eigenvalue weighted by Gasteiger charge is -2.08. The van der Waals surface area contributed by atoms with E-state index in [0.29, 0.717) is 11.3 Å². The number of anilines is 1. The molecule has 29 heavy (non-hydrogen) atoms. The van der Waals surface area contributed by atoms with Gasteiger partial charge in [0, 0.05) is 5.69 Å². The summed E-state index contributed by atoms with van der Waals surface area (Å²) in [6.07, 6.45) is 0. The fourth-order valence-corrected chi connectivity index (χ4v) is 3.45. The molecular weight excluding hydrogens is 394 g/mol. The summed E-state index contributed by atoms with van der Waals surface area (Å²) >= 11 is 1.14. The first kappa shape index (κ1) is 20.3. The summed E-state index contributed by atoms with van der Waals surface area (Å²) in [7, 11) is 1.26.